The predicted molar refractivity (Wildman–Crippen MR) is 140 cm³/mol. The van der Waals surface area contributed by atoms with Crippen molar-refractivity contribution in [3.8, 4) is 11.3 Å². The first-order valence-electron chi connectivity index (χ1n) is 13.1. The molecule has 0 unspecified atom stereocenters. The van der Waals surface area contributed by atoms with Crippen LogP contribution in [0.25, 0.3) is 22.2 Å². The molecular weight excluding hydrogens is 474 g/mol. The Kier molecular flexibility index (Phi) is 6.14. The summed E-state index contributed by atoms with van der Waals surface area (Å²) in [5.41, 5.74) is 4.36. The van der Waals surface area contributed by atoms with Crippen LogP contribution in [-0.4, -0.2) is 50.1 Å². The summed E-state index contributed by atoms with van der Waals surface area (Å²) in [4.78, 5) is 16.3. The molecule has 2 aliphatic carbocycles. The highest BCUT2D eigenvalue weighted by Crippen LogP contribution is 2.49. The number of nitrogens with two attached hydrogens (primary N) is 1. The first-order valence-corrected chi connectivity index (χ1v) is 14.6. The molecular formula is C28H33N3O4S. The number of aromatic nitrogens is 1. The number of primary sulfonamides is 1. The summed E-state index contributed by atoms with van der Waals surface area (Å²) in [6.45, 7) is 2.16. The number of carbonyl (C=O) groups excluding carboxylic acids is 1. The lowest BCUT2D eigenvalue weighted by Gasteiger charge is -2.29. The highest BCUT2D eigenvalue weighted by molar-refractivity contribution is 7.89. The van der Waals surface area contributed by atoms with Crippen LogP contribution in [-0.2, 0) is 14.8 Å². The Labute approximate surface area is 212 Å². The largest absolute Gasteiger partial charge is 0.378 e. The second kappa shape index (κ2) is 9.32. The molecule has 6 rings (SSSR count). The zero-order valence-corrected chi connectivity index (χ0v) is 21.3. The molecule has 36 heavy (non-hydrogen) atoms. The normalized spacial score (nSPS) is 19.6. The van der Waals surface area contributed by atoms with Crippen LogP contribution in [0.1, 0.15) is 72.8 Å². The van der Waals surface area contributed by atoms with Gasteiger partial charge in [-0.15, -0.1) is 0 Å². The van der Waals surface area contributed by atoms with E-state index in [0.29, 0.717) is 31.9 Å². The molecule has 2 N–H and O–H groups in total. The van der Waals surface area contributed by atoms with Gasteiger partial charge in [-0.05, 0) is 54.9 Å². The minimum atomic E-state index is -3.90. The summed E-state index contributed by atoms with van der Waals surface area (Å²) < 4.78 is 33.0. The van der Waals surface area contributed by atoms with Gasteiger partial charge < -0.3 is 14.2 Å². The first-order chi connectivity index (χ1) is 17.4. The van der Waals surface area contributed by atoms with Crippen molar-refractivity contribution < 1.29 is 17.9 Å². The lowest BCUT2D eigenvalue weighted by Crippen LogP contribution is -2.40. The maximum Gasteiger partial charge on any atom is 0.256 e. The Morgan fingerprint density at radius 3 is 2.28 bits per heavy atom. The maximum atomic E-state index is 14.3. The van der Waals surface area contributed by atoms with Gasteiger partial charge in [-0.25, -0.2) is 13.6 Å². The molecule has 2 aromatic carbocycles. The SMILES string of the molecule is NS(=O)(=O)c1cc(C2CC2)c2c(C(=O)N3CCOCC3)c(-c3ccccc3)n(C3CCCCC3)c2c1. The van der Waals surface area contributed by atoms with Crippen molar-refractivity contribution in [2.24, 2.45) is 5.14 Å². The Morgan fingerprint density at radius 1 is 0.944 bits per heavy atom. The highest BCUT2D eigenvalue weighted by Gasteiger charge is 2.36. The average molecular weight is 508 g/mol. The van der Waals surface area contributed by atoms with Crippen LogP contribution in [0.15, 0.2) is 47.4 Å². The minimum absolute atomic E-state index is 0.00182. The van der Waals surface area contributed by atoms with E-state index < -0.39 is 10.0 Å². The van der Waals surface area contributed by atoms with Crippen molar-refractivity contribution in [1.82, 2.24) is 9.47 Å². The molecule has 1 saturated heterocycles. The van der Waals surface area contributed by atoms with Gasteiger partial charge in [0, 0.05) is 24.5 Å². The molecule has 190 valence electrons. The van der Waals surface area contributed by atoms with Gasteiger partial charge in [-0.2, -0.15) is 0 Å². The molecule has 0 bridgehead atoms. The van der Waals surface area contributed by atoms with E-state index in [-0.39, 0.29) is 22.8 Å². The number of rotatable bonds is 5. The van der Waals surface area contributed by atoms with E-state index in [1.807, 2.05) is 23.1 Å². The van der Waals surface area contributed by atoms with Gasteiger partial charge in [-0.1, -0.05) is 49.6 Å². The van der Waals surface area contributed by atoms with Gasteiger partial charge in [0.2, 0.25) is 10.0 Å². The smallest absolute Gasteiger partial charge is 0.256 e. The van der Waals surface area contributed by atoms with Crippen molar-refractivity contribution in [3.05, 3.63) is 53.6 Å². The number of fused-ring (bicyclic) bond motifs is 1. The quantitative estimate of drug-likeness (QED) is 0.536. The number of hydrogen-bond donors (Lipinski definition) is 1. The number of nitrogens with zero attached hydrogens (tertiary/aromatic N) is 2. The van der Waals surface area contributed by atoms with E-state index in [1.54, 1.807) is 12.1 Å². The van der Waals surface area contributed by atoms with Gasteiger partial charge in [0.15, 0.2) is 0 Å². The summed E-state index contributed by atoms with van der Waals surface area (Å²) in [5.74, 6) is 0.248. The number of sulfonamides is 1. The zero-order chi connectivity index (χ0) is 24.9. The van der Waals surface area contributed by atoms with E-state index in [4.69, 9.17) is 9.88 Å². The van der Waals surface area contributed by atoms with Crippen LogP contribution in [0.4, 0.5) is 0 Å². The van der Waals surface area contributed by atoms with Gasteiger partial charge in [-0.3, -0.25) is 4.79 Å². The summed E-state index contributed by atoms with van der Waals surface area (Å²) in [7, 11) is -3.90. The van der Waals surface area contributed by atoms with Crippen molar-refractivity contribution in [2.45, 2.75) is 61.8 Å². The Morgan fingerprint density at radius 2 is 1.64 bits per heavy atom. The Hall–Kier alpha value is -2.68. The van der Waals surface area contributed by atoms with Gasteiger partial charge in [0.25, 0.3) is 5.91 Å². The second-order valence-electron chi connectivity index (χ2n) is 10.4. The highest BCUT2D eigenvalue weighted by atomic mass is 32.2. The second-order valence-corrected chi connectivity index (χ2v) is 11.9. The fraction of sp³-hybridized carbons (Fsp3) is 0.464. The summed E-state index contributed by atoms with van der Waals surface area (Å²) in [6.07, 6.45) is 7.44. The molecule has 2 heterocycles. The van der Waals surface area contributed by atoms with E-state index in [2.05, 4.69) is 16.7 Å². The number of morpholine rings is 1. The van der Waals surface area contributed by atoms with Gasteiger partial charge in [0.05, 0.1) is 34.9 Å². The standard InChI is InChI=1S/C28H33N3O4S/c29-36(33,34)22-17-23(19-11-12-19)25-24(18-22)31(21-9-5-2-6-10-21)27(20-7-3-1-4-8-20)26(25)28(32)30-13-15-35-16-14-30/h1,3-4,7-8,17-19,21H,2,5-6,9-16H2,(H2,29,33,34). The third-order valence-electron chi connectivity index (χ3n) is 7.95. The lowest BCUT2D eigenvalue weighted by molar-refractivity contribution is 0.0304. The minimum Gasteiger partial charge on any atom is -0.378 e. The van der Waals surface area contributed by atoms with E-state index in [1.165, 1.54) is 6.42 Å². The third kappa shape index (κ3) is 4.25. The molecule has 3 aliphatic rings. The van der Waals surface area contributed by atoms with E-state index in [9.17, 15) is 13.2 Å². The van der Waals surface area contributed by atoms with Crippen LogP contribution in [0.2, 0.25) is 0 Å². The summed E-state index contributed by atoms with van der Waals surface area (Å²) >= 11 is 0. The third-order valence-corrected chi connectivity index (χ3v) is 8.85. The molecule has 8 heteroatoms. The van der Waals surface area contributed by atoms with Gasteiger partial charge >= 0.3 is 0 Å². The molecule has 2 saturated carbocycles. The summed E-state index contributed by atoms with van der Waals surface area (Å²) in [6, 6.07) is 13.7. The lowest BCUT2D eigenvalue weighted by atomic mass is 9.94. The number of amides is 1. The molecule has 1 aromatic heterocycles. The molecule has 1 amide bonds. The molecule has 7 nitrogen and oxygen atoms in total. The first kappa shape index (κ1) is 23.7. The monoisotopic (exact) mass is 507 g/mol. The average Bonchev–Trinajstić information content (AvgIpc) is 3.69. The molecule has 1 aliphatic heterocycles. The molecule has 0 radical (unpaired) electrons. The van der Waals surface area contributed by atoms with Gasteiger partial charge in [0.1, 0.15) is 0 Å². The fourth-order valence-corrected chi connectivity index (χ4v) is 6.62. The Bertz CT molecular complexity index is 1400. The van der Waals surface area contributed by atoms with Crippen LogP contribution < -0.4 is 5.14 Å². The van der Waals surface area contributed by atoms with Crippen molar-refractivity contribution in [2.75, 3.05) is 26.3 Å². The zero-order valence-electron chi connectivity index (χ0n) is 20.5. The molecule has 3 fully saturated rings. The van der Waals surface area contributed by atoms with E-state index in [0.717, 1.165) is 66.2 Å². The van der Waals surface area contributed by atoms with Crippen LogP contribution in [0.5, 0.6) is 0 Å². The number of hydrogen-bond acceptors (Lipinski definition) is 4. The molecule has 0 spiro atoms. The summed E-state index contributed by atoms with van der Waals surface area (Å²) in [5, 5.41) is 6.58. The number of ether oxygens (including phenoxy) is 1. The van der Waals surface area contributed by atoms with Crippen molar-refractivity contribution >= 4 is 26.8 Å². The van der Waals surface area contributed by atoms with Crippen LogP contribution >= 0.6 is 0 Å². The molecule has 3 aromatic rings. The van der Waals surface area contributed by atoms with Crippen molar-refractivity contribution in [1.29, 1.82) is 0 Å². The Balaban J connectivity index is 1.72. The van der Waals surface area contributed by atoms with E-state index >= 15 is 0 Å². The van der Waals surface area contributed by atoms with Crippen LogP contribution in [0, 0.1) is 0 Å². The number of benzene rings is 2. The molecule has 0 atom stereocenters. The fourth-order valence-electron chi connectivity index (χ4n) is 6.05. The van der Waals surface area contributed by atoms with Crippen molar-refractivity contribution in [3.63, 3.8) is 0 Å². The predicted octanol–water partition coefficient (Wildman–Crippen LogP) is 4.81. The number of carbonyl (C=O) groups is 1. The maximum absolute atomic E-state index is 14.3. The van der Waals surface area contributed by atoms with Crippen LogP contribution in [0.3, 0.4) is 0 Å². The topological polar surface area (TPSA) is 94.6 Å².